The van der Waals surface area contributed by atoms with E-state index >= 15 is 0 Å². The van der Waals surface area contributed by atoms with Gasteiger partial charge in [-0.3, -0.25) is 19.3 Å². The van der Waals surface area contributed by atoms with Gasteiger partial charge in [0.1, 0.15) is 0 Å². The fourth-order valence-corrected chi connectivity index (χ4v) is 4.05. The van der Waals surface area contributed by atoms with Crippen molar-refractivity contribution in [3.63, 3.8) is 0 Å². The van der Waals surface area contributed by atoms with Gasteiger partial charge in [-0.05, 0) is 49.1 Å². The maximum atomic E-state index is 13.0. The number of halogens is 1. The van der Waals surface area contributed by atoms with Crippen LogP contribution in [0.4, 0.5) is 0 Å². The van der Waals surface area contributed by atoms with Crippen LogP contribution in [-0.2, 0) is 6.54 Å². The number of carbonyl (C=O) groups excluding carboxylic acids is 3. The lowest BCUT2D eigenvalue weighted by molar-refractivity contribution is 0.0622. The summed E-state index contributed by atoms with van der Waals surface area (Å²) in [6, 6.07) is 14.1. The molecule has 1 unspecified atom stereocenters. The number of piperidine rings is 1. The van der Waals surface area contributed by atoms with Crippen LogP contribution in [-0.4, -0.2) is 46.7 Å². The number of imide groups is 1. The highest BCUT2D eigenvalue weighted by Crippen LogP contribution is 2.25. The van der Waals surface area contributed by atoms with Crippen molar-refractivity contribution in [2.75, 3.05) is 13.1 Å². The second-order valence-corrected chi connectivity index (χ2v) is 7.33. The number of rotatable bonds is 4. The van der Waals surface area contributed by atoms with Crippen molar-refractivity contribution in [2.45, 2.75) is 31.8 Å². The Hall–Kier alpha value is -2.70. The molecule has 2 aromatic rings. The van der Waals surface area contributed by atoms with Gasteiger partial charge in [0.2, 0.25) is 0 Å². The summed E-state index contributed by atoms with van der Waals surface area (Å²) in [5, 5.41) is 0. The average molecular weight is 414 g/mol. The SMILES string of the molecule is Cl.NCC1CCCCN1C(=O)c1cccc(CN2C(=O)c3ccccc3C2=O)c1. The number of hydrogen-bond acceptors (Lipinski definition) is 4. The number of carbonyl (C=O) groups is 3. The highest BCUT2D eigenvalue weighted by Gasteiger charge is 2.35. The monoisotopic (exact) mass is 413 g/mol. The maximum absolute atomic E-state index is 13.0. The summed E-state index contributed by atoms with van der Waals surface area (Å²) in [6.45, 7) is 1.32. The standard InChI is InChI=1S/C22H23N3O3.ClH/c23-13-17-8-3-4-11-24(17)20(26)16-7-5-6-15(12-16)14-25-21(27)18-9-1-2-10-19(18)22(25)28;/h1-2,5-7,9-10,12,17H,3-4,8,11,13-14,23H2;1H. The molecular weight excluding hydrogens is 390 g/mol. The minimum absolute atomic E-state index is 0. The fourth-order valence-electron chi connectivity index (χ4n) is 4.05. The van der Waals surface area contributed by atoms with Crippen LogP contribution < -0.4 is 5.73 Å². The van der Waals surface area contributed by atoms with Crippen LogP contribution in [0.3, 0.4) is 0 Å². The van der Waals surface area contributed by atoms with E-state index in [-0.39, 0.29) is 42.7 Å². The predicted molar refractivity (Wildman–Crippen MR) is 112 cm³/mol. The highest BCUT2D eigenvalue weighted by molar-refractivity contribution is 6.21. The second kappa shape index (κ2) is 8.76. The van der Waals surface area contributed by atoms with Crippen molar-refractivity contribution < 1.29 is 14.4 Å². The van der Waals surface area contributed by atoms with Gasteiger partial charge in [0.15, 0.2) is 0 Å². The third-order valence-electron chi connectivity index (χ3n) is 5.55. The molecule has 0 saturated carbocycles. The predicted octanol–water partition coefficient (Wildman–Crippen LogP) is 2.86. The van der Waals surface area contributed by atoms with Crippen LogP contribution in [0, 0.1) is 0 Å². The topological polar surface area (TPSA) is 83.7 Å². The first-order valence-corrected chi connectivity index (χ1v) is 9.65. The van der Waals surface area contributed by atoms with Crippen molar-refractivity contribution in [3.05, 3.63) is 70.8 Å². The lowest BCUT2D eigenvalue weighted by Gasteiger charge is -2.35. The van der Waals surface area contributed by atoms with Gasteiger partial charge in [-0.25, -0.2) is 0 Å². The van der Waals surface area contributed by atoms with Crippen molar-refractivity contribution in [2.24, 2.45) is 5.73 Å². The summed E-state index contributed by atoms with van der Waals surface area (Å²) in [4.78, 5) is 41.2. The summed E-state index contributed by atoms with van der Waals surface area (Å²) >= 11 is 0. The molecule has 6 nitrogen and oxygen atoms in total. The molecule has 2 heterocycles. The first kappa shape index (κ1) is 21.0. The third-order valence-corrected chi connectivity index (χ3v) is 5.55. The Morgan fingerprint density at radius 2 is 1.69 bits per heavy atom. The summed E-state index contributed by atoms with van der Waals surface area (Å²) < 4.78 is 0. The molecule has 2 aliphatic heterocycles. The molecule has 0 radical (unpaired) electrons. The Labute approximate surface area is 176 Å². The molecule has 0 aliphatic carbocycles. The minimum atomic E-state index is -0.295. The Balaban J connectivity index is 0.00000240. The summed E-state index contributed by atoms with van der Waals surface area (Å²) in [7, 11) is 0. The van der Waals surface area contributed by atoms with Crippen molar-refractivity contribution in [1.82, 2.24) is 9.80 Å². The van der Waals surface area contributed by atoms with E-state index in [2.05, 4.69) is 0 Å². The van der Waals surface area contributed by atoms with Gasteiger partial charge in [-0.2, -0.15) is 0 Å². The molecule has 2 aliphatic rings. The molecule has 4 rings (SSSR count). The molecular formula is C22H24ClN3O3. The van der Waals surface area contributed by atoms with Crippen LogP contribution in [0.15, 0.2) is 48.5 Å². The number of nitrogens with two attached hydrogens (primary N) is 1. The van der Waals surface area contributed by atoms with Crippen LogP contribution in [0.5, 0.6) is 0 Å². The molecule has 0 bridgehead atoms. The van der Waals surface area contributed by atoms with Crippen LogP contribution in [0.25, 0.3) is 0 Å². The minimum Gasteiger partial charge on any atom is -0.334 e. The van der Waals surface area contributed by atoms with E-state index in [1.54, 1.807) is 42.5 Å². The van der Waals surface area contributed by atoms with Gasteiger partial charge >= 0.3 is 0 Å². The van der Waals surface area contributed by atoms with E-state index in [0.717, 1.165) is 24.8 Å². The van der Waals surface area contributed by atoms with Crippen LogP contribution >= 0.6 is 12.4 Å². The molecule has 29 heavy (non-hydrogen) atoms. The van der Waals surface area contributed by atoms with E-state index in [9.17, 15) is 14.4 Å². The quantitative estimate of drug-likeness (QED) is 0.781. The molecule has 3 amide bonds. The van der Waals surface area contributed by atoms with Gasteiger partial charge in [0.25, 0.3) is 17.7 Å². The summed E-state index contributed by atoms with van der Waals surface area (Å²) in [6.07, 6.45) is 3.00. The Bertz CT molecular complexity index is 911. The van der Waals surface area contributed by atoms with Crippen LogP contribution in [0.2, 0.25) is 0 Å². The molecule has 1 saturated heterocycles. The summed E-state index contributed by atoms with van der Waals surface area (Å²) in [5.74, 6) is -0.632. The molecule has 1 atom stereocenters. The van der Waals surface area contributed by atoms with E-state index in [4.69, 9.17) is 5.73 Å². The van der Waals surface area contributed by atoms with Gasteiger partial charge in [0.05, 0.1) is 17.7 Å². The molecule has 2 aromatic carbocycles. The zero-order valence-corrected chi connectivity index (χ0v) is 16.9. The third kappa shape index (κ3) is 3.91. The smallest absolute Gasteiger partial charge is 0.261 e. The number of fused-ring (bicyclic) bond motifs is 1. The second-order valence-electron chi connectivity index (χ2n) is 7.33. The van der Waals surface area contributed by atoms with Gasteiger partial charge < -0.3 is 10.6 Å². The zero-order chi connectivity index (χ0) is 19.7. The van der Waals surface area contributed by atoms with Crippen molar-refractivity contribution >= 4 is 30.1 Å². The largest absolute Gasteiger partial charge is 0.334 e. The number of nitrogens with zero attached hydrogens (tertiary/aromatic N) is 2. The summed E-state index contributed by atoms with van der Waals surface area (Å²) in [5.41, 5.74) is 8.02. The highest BCUT2D eigenvalue weighted by atomic mass is 35.5. The zero-order valence-electron chi connectivity index (χ0n) is 16.0. The number of benzene rings is 2. The first-order valence-electron chi connectivity index (χ1n) is 9.65. The maximum Gasteiger partial charge on any atom is 0.261 e. The Morgan fingerprint density at radius 1 is 1.00 bits per heavy atom. The van der Waals surface area contributed by atoms with E-state index in [1.165, 1.54) is 4.90 Å². The first-order chi connectivity index (χ1) is 13.6. The molecule has 0 aromatic heterocycles. The molecule has 0 spiro atoms. The lowest BCUT2D eigenvalue weighted by atomic mass is 10.0. The molecule has 7 heteroatoms. The van der Waals surface area contributed by atoms with Gasteiger partial charge in [-0.15, -0.1) is 12.4 Å². The Morgan fingerprint density at radius 3 is 2.34 bits per heavy atom. The van der Waals surface area contributed by atoms with Crippen molar-refractivity contribution in [3.8, 4) is 0 Å². The van der Waals surface area contributed by atoms with Gasteiger partial charge in [-0.1, -0.05) is 24.3 Å². The van der Waals surface area contributed by atoms with E-state index < -0.39 is 0 Å². The molecule has 2 N–H and O–H groups in total. The van der Waals surface area contributed by atoms with E-state index in [0.29, 0.717) is 29.8 Å². The number of hydrogen-bond donors (Lipinski definition) is 1. The van der Waals surface area contributed by atoms with Gasteiger partial charge in [0, 0.05) is 24.7 Å². The van der Waals surface area contributed by atoms with E-state index in [1.807, 2.05) is 11.0 Å². The molecule has 1 fully saturated rings. The van der Waals surface area contributed by atoms with Crippen molar-refractivity contribution in [1.29, 1.82) is 0 Å². The van der Waals surface area contributed by atoms with Crippen LogP contribution in [0.1, 0.15) is 55.9 Å². The fraction of sp³-hybridized carbons (Fsp3) is 0.318. The molecule has 152 valence electrons. The normalized spacial score (nSPS) is 18.4. The lowest BCUT2D eigenvalue weighted by Crippen LogP contribution is -2.47. The average Bonchev–Trinajstić information content (AvgIpc) is 2.98. The number of likely N-dealkylation sites (tertiary alicyclic amines) is 1. The Kier molecular flexibility index (Phi) is 6.35. The number of amides is 3.